The Bertz CT molecular complexity index is 1400. The van der Waals surface area contributed by atoms with E-state index in [2.05, 4.69) is 37.8 Å². The van der Waals surface area contributed by atoms with Crippen LogP contribution in [0.25, 0.3) is 0 Å². The molecule has 0 fully saturated rings. The van der Waals surface area contributed by atoms with Crippen LogP contribution in [0.4, 0.5) is 0 Å². The minimum Gasteiger partial charge on any atom is -0.497 e. The average Bonchev–Trinajstić information content (AvgIpc) is 2.95. The zero-order valence-electron chi connectivity index (χ0n) is 22.7. The molecule has 0 saturated heterocycles. The van der Waals surface area contributed by atoms with Crippen molar-refractivity contribution in [3.8, 4) is 23.3 Å². The number of hydrazone groups is 1. The van der Waals surface area contributed by atoms with Crippen molar-refractivity contribution in [3.63, 3.8) is 0 Å². The first-order valence-electron chi connectivity index (χ1n) is 12.6. The maximum atomic E-state index is 12.9. The number of amides is 2. The Kier molecular flexibility index (Phi) is 11.1. The molecule has 2 N–H and O–H groups in total. The summed E-state index contributed by atoms with van der Waals surface area (Å²) in [6.07, 6.45) is 1.47. The Morgan fingerprint density at radius 1 is 1.10 bits per heavy atom. The number of ether oxygens (including phenoxy) is 3. The van der Waals surface area contributed by atoms with Crippen LogP contribution in [0.2, 0.25) is 0 Å². The molecule has 0 aliphatic heterocycles. The predicted octanol–water partition coefficient (Wildman–Crippen LogP) is 5.21. The predicted molar refractivity (Wildman–Crippen MR) is 156 cm³/mol. The number of benzene rings is 3. The number of nitriles is 1. The first kappa shape index (κ1) is 30.2. The molecule has 0 spiro atoms. The van der Waals surface area contributed by atoms with Crippen molar-refractivity contribution < 1.29 is 23.8 Å². The first-order valence-corrected chi connectivity index (χ1v) is 13.4. The maximum absolute atomic E-state index is 12.9. The lowest BCUT2D eigenvalue weighted by Crippen LogP contribution is -2.48. The summed E-state index contributed by atoms with van der Waals surface area (Å²) in [5.41, 5.74) is 4.86. The number of carbonyl (C=O) groups is 2. The van der Waals surface area contributed by atoms with Gasteiger partial charge >= 0.3 is 0 Å². The zero-order valence-corrected chi connectivity index (χ0v) is 24.3. The van der Waals surface area contributed by atoms with Crippen LogP contribution in [0, 0.1) is 17.2 Å². The number of rotatable bonds is 12. The maximum Gasteiger partial charge on any atom is 0.262 e. The molecule has 3 rings (SSSR count). The van der Waals surface area contributed by atoms with E-state index in [0.29, 0.717) is 45.0 Å². The minimum atomic E-state index is -0.801. The summed E-state index contributed by atoms with van der Waals surface area (Å²) in [6.45, 7) is 6.11. The van der Waals surface area contributed by atoms with E-state index in [1.165, 1.54) is 6.21 Å². The van der Waals surface area contributed by atoms with E-state index in [0.717, 1.165) is 5.56 Å². The van der Waals surface area contributed by atoms with Gasteiger partial charge in [0.2, 0.25) is 0 Å². The average molecular weight is 608 g/mol. The molecule has 1 atom stereocenters. The highest BCUT2D eigenvalue weighted by molar-refractivity contribution is 9.10. The van der Waals surface area contributed by atoms with Crippen LogP contribution < -0.4 is 25.0 Å². The second-order valence-electron chi connectivity index (χ2n) is 8.98. The number of methoxy groups -OCH3 is 1. The fourth-order valence-corrected chi connectivity index (χ4v) is 4.29. The van der Waals surface area contributed by atoms with E-state index >= 15 is 0 Å². The number of nitrogens with one attached hydrogen (secondary N) is 2. The molecule has 0 aliphatic rings. The van der Waals surface area contributed by atoms with Gasteiger partial charge in [0.25, 0.3) is 11.8 Å². The fraction of sp³-hybridized carbons (Fsp3) is 0.267. The Morgan fingerprint density at radius 3 is 2.48 bits per heavy atom. The van der Waals surface area contributed by atoms with Gasteiger partial charge in [0.1, 0.15) is 18.4 Å². The van der Waals surface area contributed by atoms with Gasteiger partial charge in [-0.15, -0.1) is 0 Å². The SMILES string of the molecule is CCOc1cc(/C=N/NC(=O)C(NC(=O)c2ccc(OC)cc2)C(C)C)cc(Br)c1OCc1ccccc1C#N. The number of carbonyl (C=O) groups excluding carboxylic acids is 2. The van der Waals surface area contributed by atoms with Crippen molar-refractivity contribution in [2.24, 2.45) is 11.0 Å². The quantitative estimate of drug-likeness (QED) is 0.215. The van der Waals surface area contributed by atoms with Crippen molar-refractivity contribution in [1.29, 1.82) is 5.26 Å². The molecule has 9 nitrogen and oxygen atoms in total. The molecule has 0 saturated carbocycles. The monoisotopic (exact) mass is 606 g/mol. The second kappa shape index (κ2) is 14.7. The third kappa shape index (κ3) is 8.07. The number of hydrogen-bond donors (Lipinski definition) is 2. The highest BCUT2D eigenvalue weighted by Crippen LogP contribution is 2.37. The molecule has 3 aromatic rings. The molecule has 208 valence electrons. The highest BCUT2D eigenvalue weighted by Gasteiger charge is 2.24. The summed E-state index contributed by atoms with van der Waals surface area (Å²) in [6, 6.07) is 18.7. The molecule has 0 bridgehead atoms. The molecule has 3 aromatic carbocycles. The first-order chi connectivity index (χ1) is 19.3. The molecule has 10 heteroatoms. The molecule has 0 heterocycles. The van der Waals surface area contributed by atoms with Gasteiger partial charge in [0, 0.05) is 11.1 Å². The lowest BCUT2D eigenvalue weighted by atomic mass is 10.0. The van der Waals surface area contributed by atoms with Crippen molar-refractivity contribution >= 4 is 34.0 Å². The van der Waals surface area contributed by atoms with Gasteiger partial charge in [-0.2, -0.15) is 10.4 Å². The fourth-order valence-electron chi connectivity index (χ4n) is 3.71. The molecule has 0 aromatic heterocycles. The van der Waals surface area contributed by atoms with E-state index in [1.807, 2.05) is 32.9 Å². The Balaban J connectivity index is 1.69. The summed E-state index contributed by atoms with van der Waals surface area (Å²) in [4.78, 5) is 25.6. The lowest BCUT2D eigenvalue weighted by Gasteiger charge is -2.20. The van der Waals surface area contributed by atoms with E-state index in [4.69, 9.17) is 14.2 Å². The lowest BCUT2D eigenvalue weighted by molar-refractivity contribution is -0.123. The van der Waals surface area contributed by atoms with Gasteiger partial charge in [-0.25, -0.2) is 5.43 Å². The van der Waals surface area contributed by atoms with E-state index in [1.54, 1.807) is 55.6 Å². The summed E-state index contributed by atoms with van der Waals surface area (Å²) in [7, 11) is 1.55. The molecular weight excluding hydrogens is 576 g/mol. The van der Waals surface area contributed by atoms with Crippen LogP contribution in [0.5, 0.6) is 17.2 Å². The third-order valence-corrected chi connectivity index (χ3v) is 6.41. The normalized spacial score (nSPS) is 11.5. The molecule has 0 aliphatic carbocycles. The standard InChI is InChI=1S/C30H31BrN4O5/c1-5-39-26-15-20(14-25(31)28(26)40-18-23-9-7-6-8-22(23)16-32)17-33-35-30(37)27(19(2)3)34-29(36)21-10-12-24(38-4)13-11-21/h6-15,17,19,27H,5,18H2,1-4H3,(H,34,36)(H,35,37)/b33-17+. The third-order valence-electron chi connectivity index (χ3n) is 5.82. The summed E-state index contributed by atoms with van der Waals surface area (Å²) < 4.78 is 17.5. The zero-order chi connectivity index (χ0) is 29.1. The smallest absolute Gasteiger partial charge is 0.262 e. The highest BCUT2D eigenvalue weighted by atomic mass is 79.9. The van der Waals surface area contributed by atoms with Crippen LogP contribution in [-0.4, -0.2) is 37.8 Å². The van der Waals surface area contributed by atoms with Gasteiger partial charge in [0.05, 0.1) is 36.0 Å². The van der Waals surface area contributed by atoms with Crippen molar-refractivity contribution in [1.82, 2.24) is 10.7 Å². The van der Waals surface area contributed by atoms with E-state index < -0.39 is 11.9 Å². The van der Waals surface area contributed by atoms with Crippen molar-refractivity contribution in [2.45, 2.75) is 33.4 Å². The Hall–Kier alpha value is -4.36. The van der Waals surface area contributed by atoms with Crippen LogP contribution in [0.1, 0.15) is 47.8 Å². The van der Waals surface area contributed by atoms with Gasteiger partial charge in [-0.05, 0) is 76.8 Å². The number of nitrogens with zero attached hydrogens (tertiary/aromatic N) is 2. The topological polar surface area (TPSA) is 122 Å². The summed E-state index contributed by atoms with van der Waals surface area (Å²) >= 11 is 3.52. The van der Waals surface area contributed by atoms with Crippen molar-refractivity contribution in [3.05, 3.63) is 87.4 Å². The van der Waals surface area contributed by atoms with Gasteiger partial charge in [0.15, 0.2) is 11.5 Å². The minimum absolute atomic E-state index is 0.182. The van der Waals surface area contributed by atoms with Gasteiger partial charge < -0.3 is 19.5 Å². The molecule has 1 unspecified atom stereocenters. The van der Waals surface area contributed by atoms with Crippen LogP contribution in [0.15, 0.2) is 70.2 Å². The molecule has 2 amide bonds. The Labute approximate surface area is 242 Å². The van der Waals surface area contributed by atoms with Gasteiger partial charge in [-0.1, -0.05) is 32.0 Å². The Morgan fingerprint density at radius 2 is 1.82 bits per heavy atom. The number of halogens is 1. The largest absolute Gasteiger partial charge is 0.497 e. The summed E-state index contributed by atoms with van der Waals surface area (Å²) in [5.74, 6) is 0.584. The van der Waals surface area contributed by atoms with Crippen LogP contribution in [-0.2, 0) is 11.4 Å². The summed E-state index contributed by atoms with van der Waals surface area (Å²) in [5, 5.41) is 16.2. The van der Waals surface area contributed by atoms with E-state index in [9.17, 15) is 14.9 Å². The molecular formula is C30H31BrN4O5. The number of hydrogen-bond acceptors (Lipinski definition) is 7. The molecule has 40 heavy (non-hydrogen) atoms. The van der Waals surface area contributed by atoms with Crippen LogP contribution in [0.3, 0.4) is 0 Å². The van der Waals surface area contributed by atoms with Gasteiger partial charge in [-0.3, -0.25) is 9.59 Å². The van der Waals surface area contributed by atoms with Crippen LogP contribution >= 0.6 is 15.9 Å². The van der Waals surface area contributed by atoms with E-state index in [-0.39, 0.29) is 18.4 Å². The second-order valence-corrected chi connectivity index (χ2v) is 9.83. The van der Waals surface area contributed by atoms with Crippen molar-refractivity contribution in [2.75, 3.05) is 13.7 Å². The molecule has 0 radical (unpaired) electrons.